The van der Waals surface area contributed by atoms with Crippen molar-refractivity contribution in [3.8, 4) is 0 Å². The zero-order valence-electron chi connectivity index (χ0n) is 11.6. The van der Waals surface area contributed by atoms with E-state index < -0.39 is 6.09 Å². The Kier molecular flexibility index (Phi) is 4.91. The van der Waals surface area contributed by atoms with E-state index >= 15 is 0 Å². The molecule has 112 valence electrons. The lowest BCUT2D eigenvalue weighted by molar-refractivity contribution is -0.134. The Balaban J connectivity index is 1.76. The van der Waals surface area contributed by atoms with Crippen molar-refractivity contribution in [3.05, 3.63) is 0 Å². The summed E-state index contributed by atoms with van der Waals surface area (Å²) in [6.45, 7) is 3.73. The van der Waals surface area contributed by atoms with Crippen LogP contribution in [0.25, 0.3) is 0 Å². The van der Waals surface area contributed by atoms with Crippen LogP contribution in [0.5, 0.6) is 0 Å². The predicted octanol–water partition coefficient (Wildman–Crippen LogP) is -1.67. The molecule has 2 heterocycles. The van der Waals surface area contributed by atoms with Gasteiger partial charge < -0.3 is 15.0 Å². The minimum Gasteiger partial charge on any atom is -0.447 e. The minimum atomic E-state index is -0.600. The molecule has 0 aromatic rings. The van der Waals surface area contributed by atoms with Crippen LogP contribution in [0.4, 0.5) is 4.79 Å². The summed E-state index contributed by atoms with van der Waals surface area (Å²) in [6, 6.07) is 0. The summed E-state index contributed by atoms with van der Waals surface area (Å²) in [7, 11) is 1.69. The van der Waals surface area contributed by atoms with Gasteiger partial charge in [-0.25, -0.2) is 9.69 Å². The smallest absolute Gasteiger partial charge is 0.416 e. The van der Waals surface area contributed by atoms with Gasteiger partial charge in [-0.2, -0.15) is 0 Å². The maximum Gasteiger partial charge on any atom is 0.416 e. The first kappa shape index (κ1) is 14.7. The topological polar surface area (TPSA) is 82.2 Å². The van der Waals surface area contributed by atoms with Crippen LogP contribution >= 0.6 is 0 Å². The summed E-state index contributed by atoms with van der Waals surface area (Å²) in [5.74, 6) is -0.325. The normalized spacial score (nSPS) is 19.4. The second kappa shape index (κ2) is 6.67. The standard InChI is InChI=1S/C12H20N4O4/c1-14(8-10(17)15-4-2-13-3-5-15)9-11(18)16-6-7-20-12(16)19/h13H,2-9H2,1H3. The van der Waals surface area contributed by atoms with Gasteiger partial charge in [0, 0.05) is 26.2 Å². The van der Waals surface area contributed by atoms with Crippen molar-refractivity contribution in [1.82, 2.24) is 20.0 Å². The number of cyclic esters (lactones) is 1. The Morgan fingerprint density at radius 1 is 1.20 bits per heavy atom. The van der Waals surface area contributed by atoms with Crippen LogP contribution in [0.1, 0.15) is 0 Å². The van der Waals surface area contributed by atoms with Crippen LogP contribution < -0.4 is 5.32 Å². The SMILES string of the molecule is CN(CC(=O)N1CCNCC1)CC(=O)N1CCOC1=O. The number of nitrogens with zero attached hydrogens (tertiary/aromatic N) is 3. The highest BCUT2D eigenvalue weighted by Crippen LogP contribution is 2.04. The van der Waals surface area contributed by atoms with Crippen molar-refractivity contribution in [2.45, 2.75) is 0 Å². The van der Waals surface area contributed by atoms with Crippen LogP contribution in [0, 0.1) is 0 Å². The van der Waals surface area contributed by atoms with Crippen molar-refractivity contribution in [2.75, 3.05) is 59.5 Å². The highest BCUT2D eigenvalue weighted by molar-refractivity contribution is 5.94. The molecule has 20 heavy (non-hydrogen) atoms. The largest absolute Gasteiger partial charge is 0.447 e. The van der Waals surface area contributed by atoms with Crippen molar-refractivity contribution < 1.29 is 19.1 Å². The summed E-state index contributed by atoms with van der Waals surface area (Å²) in [5, 5.41) is 3.18. The fraction of sp³-hybridized carbons (Fsp3) is 0.750. The molecule has 2 fully saturated rings. The maximum absolute atomic E-state index is 12.0. The fourth-order valence-corrected chi connectivity index (χ4v) is 2.24. The number of ether oxygens (including phenoxy) is 1. The summed E-state index contributed by atoms with van der Waals surface area (Å²) in [5.41, 5.74) is 0. The molecular weight excluding hydrogens is 264 g/mol. The fourth-order valence-electron chi connectivity index (χ4n) is 2.24. The molecule has 1 N–H and O–H groups in total. The third kappa shape index (κ3) is 3.67. The molecule has 0 aliphatic carbocycles. The Morgan fingerprint density at radius 3 is 2.45 bits per heavy atom. The number of nitrogens with one attached hydrogen (secondary N) is 1. The number of amides is 3. The van der Waals surface area contributed by atoms with Crippen LogP contribution in [-0.4, -0.2) is 92.1 Å². The highest BCUT2D eigenvalue weighted by atomic mass is 16.6. The van der Waals surface area contributed by atoms with Crippen molar-refractivity contribution in [2.24, 2.45) is 0 Å². The lowest BCUT2D eigenvalue weighted by Gasteiger charge is -2.29. The lowest BCUT2D eigenvalue weighted by Crippen LogP contribution is -2.50. The van der Waals surface area contributed by atoms with Crippen LogP contribution in [-0.2, 0) is 14.3 Å². The average Bonchev–Trinajstić information content (AvgIpc) is 2.86. The molecule has 2 rings (SSSR count). The minimum absolute atomic E-state index is 0.00537. The van der Waals surface area contributed by atoms with E-state index in [1.165, 1.54) is 0 Å². The second-order valence-electron chi connectivity index (χ2n) is 4.96. The molecule has 0 aromatic carbocycles. The zero-order valence-corrected chi connectivity index (χ0v) is 11.6. The van der Waals surface area contributed by atoms with E-state index in [-0.39, 0.29) is 38.1 Å². The first-order valence-corrected chi connectivity index (χ1v) is 6.72. The van der Waals surface area contributed by atoms with Crippen molar-refractivity contribution in [3.63, 3.8) is 0 Å². The summed E-state index contributed by atoms with van der Waals surface area (Å²) >= 11 is 0. The van der Waals surface area contributed by atoms with Crippen LogP contribution in [0.3, 0.4) is 0 Å². The van der Waals surface area contributed by atoms with E-state index in [1.54, 1.807) is 16.8 Å². The molecule has 0 atom stereocenters. The molecule has 0 unspecified atom stereocenters. The van der Waals surface area contributed by atoms with Crippen molar-refractivity contribution in [1.29, 1.82) is 0 Å². The van der Waals surface area contributed by atoms with Gasteiger partial charge in [-0.05, 0) is 7.05 Å². The monoisotopic (exact) mass is 284 g/mol. The second-order valence-corrected chi connectivity index (χ2v) is 4.96. The summed E-state index contributed by atoms with van der Waals surface area (Å²) in [6.07, 6.45) is -0.600. The number of piperazine rings is 1. The lowest BCUT2D eigenvalue weighted by atomic mass is 10.3. The molecule has 2 aliphatic rings. The summed E-state index contributed by atoms with van der Waals surface area (Å²) in [4.78, 5) is 39.6. The van der Waals surface area contributed by atoms with Gasteiger partial charge in [-0.3, -0.25) is 14.5 Å². The Morgan fingerprint density at radius 2 is 1.85 bits per heavy atom. The van der Waals surface area contributed by atoms with E-state index in [0.717, 1.165) is 18.0 Å². The number of imide groups is 1. The van der Waals surface area contributed by atoms with Gasteiger partial charge in [0.05, 0.1) is 19.6 Å². The van der Waals surface area contributed by atoms with Crippen molar-refractivity contribution >= 4 is 17.9 Å². The van der Waals surface area contributed by atoms with E-state index in [9.17, 15) is 14.4 Å². The number of hydrogen-bond acceptors (Lipinski definition) is 6. The first-order valence-electron chi connectivity index (χ1n) is 6.72. The highest BCUT2D eigenvalue weighted by Gasteiger charge is 2.29. The molecule has 0 bridgehead atoms. The maximum atomic E-state index is 12.0. The van der Waals surface area contributed by atoms with E-state index in [2.05, 4.69) is 5.32 Å². The summed E-state index contributed by atoms with van der Waals surface area (Å²) < 4.78 is 4.71. The third-order valence-electron chi connectivity index (χ3n) is 3.34. The Hall–Kier alpha value is -1.67. The average molecular weight is 284 g/mol. The zero-order chi connectivity index (χ0) is 14.5. The van der Waals surface area contributed by atoms with Crippen LogP contribution in [0.2, 0.25) is 0 Å². The van der Waals surface area contributed by atoms with Gasteiger partial charge in [-0.1, -0.05) is 0 Å². The number of rotatable bonds is 4. The number of hydrogen-bond donors (Lipinski definition) is 1. The van der Waals surface area contributed by atoms with E-state index in [4.69, 9.17) is 4.74 Å². The third-order valence-corrected chi connectivity index (χ3v) is 3.34. The molecule has 0 spiro atoms. The van der Waals surface area contributed by atoms with E-state index in [0.29, 0.717) is 13.1 Å². The molecule has 0 aromatic heterocycles. The molecule has 8 nitrogen and oxygen atoms in total. The number of likely N-dealkylation sites (N-methyl/N-ethyl adjacent to an activating group) is 1. The molecule has 3 amide bonds. The quantitative estimate of drug-likeness (QED) is 0.664. The Labute approximate surface area is 117 Å². The van der Waals surface area contributed by atoms with Gasteiger partial charge in [0.25, 0.3) is 0 Å². The van der Waals surface area contributed by atoms with Gasteiger partial charge in [0.2, 0.25) is 11.8 Å². The molecule has 2 aliphatic heterocycles. The molecule has 0 saturated carbocycles. The van der Waals surface area contributed by atoms with Gasteiger partial charge in [0.15, 0.2) is 0 Å². The number of carbonyl (C=O) groups is 3. The molecule has 0 radical (unpaired) electrons. The van der Waals surface area contributed by atoms with Gasteiger partial charge in [0.1, 0.15) is 6.61 Å². The molecule has 2 saturated heterocycles. The predicted molar refractivity (Wildman–Crippen MR) is 70.0 cm³/mol. The van der Waals surface area contributed by atoms with Gasteiger partial charge in [-0.15, -0.1) is 0 Å². The Bertz CT molecular complexity index is 395. The van der Waals surface area contributed by atoms with Gasteiger partial charge >= 0.3 is 6.09 Å². The molecule has 8 heteroatoms. The van der Waals surface area contributed by atoms with E-state index in [1.807, 2.05) is 0 Å². The first-order chi connectivity index (χ1) is 9.58. The number of carbonyl (C=O) groups excluding carboxylic acids is 3. The van der Waals surface area contributed by atoms with Crippen LogP contribution in [0.15, 0.2) is 0 Å². The molecular formula is C12H20N4O4.